The van der Waals surface area contributed by atoms with Crippen LogP contribution < -0.4 is 10.6 Å². The molecule has 0 fully saturated rings. The van der Waals surface area contributed by atoms with Crippen LogP contribution in [0.5, 0.6) is 0 Å². The van der Waals surface area contributed by atoms with E-state index >= 15 is 0 Å². The molecule has 2 N–H and O–H groups in total. The third kappa shape index (κ3) is 1.92. The zero-order valence-electron chi connectivity index (χ0n) is 9.97. The molecule has 16 heavy (non-hydrogen) atoms. The van der Waals surface area contributed by atoms with E-state index in [9.17, 15) is 0 Å². The molecule has 4 nitrogen and oxygen atoms in total. The van der Waals surface area contributed by atoms with Crippen molar-refractivity contribution in [2.24, 2.45) is 11.7 Å². The molecule has 0 spiro atoms. The van der Waals surface area contributed by atoms with E-state index in [0.717, 1.165) is 23.0 Å². The summed E-state index contributed by atoms with van der Waals surface area (Å²) in [4.78, 5) is 7.83. The predicted molar refractivity (Wildman–Crippen MR) is 69.1 cm³/mol. The smallest absolute Gasteiger partial charge is 0.195 e. The Hall–Kier alpha value is -1.07. The summed E-state index contributed by atoms with van der Waals surface area (Å²) in [7, 11) is 2.08. The van der Waals surface area contributed by atoms with Gasteiger partial charge in [-0.15, -0.1) is 11.3 Å². The van der Waals surface area contributed by atoms with Gasteiger partial charge in [0, 0.05) is 31.7 Å². The van der Waals surface area contributed by atoms with Gasteiger partial charge in [0.25, 0.3) is 0 Å². The van der Waals surface area contributed by atoms with Crippen LogP contribution in [-0.4, -0.2) is 23.0 Å². The average Bonchev–Trinajstić information content (AvgIpc) is 2.74. The summed E-state index contributed by atoms with van der Waals surface area (Å²) in [6.45, 7) is 5.93. The van der Waals surface area contributed by atoms with E-state index in [-0.39, 0.29) is 0 Å². The molecule has 0 bridgehead atoms. The number of nitrogens with two attached hydrogens (primary N) is 1. The number of nitrogens with zero attached hydrogens (tertiary/aromatic N) is 3. The van der Waals surface area contributed by atoms with Crippen molar-refractivity contribution < 1.29 is 0 Å². The fourth-order valence-electron chi connectivity index (χ4n) is 1.95. The van der Waals surface area contributed by atoms with Gasteiger partial charge in [-0.25, -0.2) is 4.98 Å². The van der Waals surface area contributed by atoms with E-state index in [2.05, 4.69) is 35.2 Å². The molecule has 0 aromatic carbocycles. The number of thiazole rings is 1. The number of hydrogen-bond donors (Lipinski definition) is 1. The van der Waals surface area contributed by atoms with Crippen molar-refractivity contribution >= 4 is 22.1 Å². The lowest BCUT2D eigenvalue weighted by molar-refractivity contribution is 0.633. The Morgan fingerprint density at radius 3 is 2.94 bits per heavy atom. The van der Waals surface area contributed by atoms with E-state index in [0.29, 0.717) is 12.5 Å². The Labute approximate surface area is 99.7 Å². The highest BCUT2D eigenvalue weighted by atomic mass is 32.1. The highest BCUT2D eigenvalue weighted by molar-refractivity contribution is 7.15. The van der Waals surface area contributed by atoms with Gasteiger partial charge in [-0.3, -0.25) is 4.40 Å². The van der Waals surface area contributed by atoms with Gasteiger partial charge in [0.1, 0.15) is 0 Å². The number of imidazole rings is 1. The lowest BCUT2D eigenvalue weighted by atomic mass is 10.2. The standard InChI is InChI=1S/C11H18N4S/c1-8(2)7-14(3)10-9(6-12)15-4-5-16-11(15)13-10/h4-5,8H,6-7,12H2,1-3H3. The van der Waals surface area contributed by atoms with Crippen molar-refractivity contribution in [3.05, 3.63) is 17.3 Å². The quantitative estimate of drug-likeness (QED) is 0.885. The Morgan fingerprint density at radius 2 is 2.31 bits per heavy atom. The Kier molecular flexibility index (Phi) is 3.16. The zero-order chi connectivity index (χ0) is 11.7. The highest BCUT2D eigenvalue weighted by Gasteiger charge is 2.15. The SMILES string of the molecule is CC(C)CN(C)c1nc2sccn2c1CN. The molecule has 0 unspecified atom stereocenters. The van der Waals surface area contributed by atoms with Gasteiger partial charge >= 0.3 is 0 Å². The molecule has 2 rings (SSSR count). The maximum absolute atomic E-state index is 5.81. The molecule has 0 atom stereocenters. The lowest BCUT2D eigenvalue weighted by Gasteiger charge is -2.20. The van der Waals surface area contributed by atoms with Gasteiger partial charge in [-0.05, 0) is 5.92 Å². The molecule has 2 aromatic rings. The zero-order valence-corrected chi connectivity index (χ0v) is 10.8. The predicted octanol–water partition coefficient (Wildman–Crippen LogP) is 1.95. The minimum Gasteiger partial charge on any atom is -0.358 e. The third-order valence-corrected chi connectivity index (χ3v) is 3.29. The second-order valence-corrected chi connectivity index (χ2v) is 5.29. The molecule has 2 heterocycles. The molecular weight excluding hydrogens is 220 g/mol. The molecule has 5 heteroatoms. The van der Waals surface area contributed by atoms with Gasteiger partial charge in [0.05, 0.1) is 5.69 Å². The van der Waals surface area contributed by atoms with Crippen LogP contribution in [0.2, 0.25) is 0 Å². The van der Waals surface area contributed by atoms with Crippen molar-refractivity contribution in [3.8, 4) is 0 Å². The summed E-state index contributed by atoms with van der Waals surface area (Å²) in [6.07, 6.45) is 2.03. The molecule has 0 amide bonds. The average molecular weight is 238 g/mol. The number of anilines is 1. The summed E-state index contributed by atoms with van der Waals surface area (Å²) in [5.74, 6) is 1.64. The second-order valence-electron chi connectivity index (χ2n) is 4.42. The number of hydrogen-bond acceptors (Lipinski definition) is 4. The summed E-state index contributed by atoms with van der Waals surface area (Å²) >= 11 is 1.64. The van der Waals surface area contributed by atoms with Crippen molar-refractivity contribution in [3.63, 3.8) is 0 Å². The number of fused-ring (bicyclic) bond motifs is 1. The molecule has 88 valence electrons. The van der Waals surface area contributed by atoms with E-state index in [1.54, 1.807) is 11.3 Å². The van der Waals surface area contributed by atoms with Crippen molar-refractivity contribution in [1.29, 1.82) is 0 Å². The highest BCUT2D eigenvalue weighted by Crippen LogP contribution is 2.23. The first-order valence-corrected chi connectivity index (χ1v) is 6.37. The lowest BCUT2D eigenvalue weighted by Crippen LogP contribution is -2.24. The minimum absolute atomic E-state index is 0.523. The van der Waals surface area contributed by atoms with Crippen LogP contribution in [0.25, 0.3) is 4.96 Å². The molecule has 0 saturated carbocycles. The first-order chi connectivity index (χ1) is 7.63. The van der Waals surface area contributed by atoms with Crippen LogP contribution >= 0.6 is 11.3 Å². The van der Waals surface area contributed by atoms with Crippen LogP contribution in [0, 0.1) is 5.92 Å². The second kappa shape index (κ2) is 4.43. The van der Waals surface area contributed by atoms with Gasteiger partial charge < -0.3 is 10.6 Å². The molecule has 0 aliphatic rings. The van der Waals surface area contributed by atoms with Crippen molar-refractivity contribution in [1.82, 2.24) is 9.38 Å². The largest absolute Gasteiger partial charge is 0.358 e. The molecule has 0 aliphatic heterocycles. The monoisotopic (exact) mass is 238 g/mol. The maximum atomic E-state index is 5.81. The molecule has 0 aliphatic carbocycles. The van der Waals surface area contributed by atoms with Gasteiger partial charge in [0.15, 0.2) is 10.8 Å². The summed E-state index contributed by atoms with van der Waals surface area (Å²) in [6, 6.07) is 0. The number of aromatic nitrogens is 2. The van der Waals surface area contributed by atoms with Crippen LogP contribution in [0.1, 0.15) is 19.5 Å². The molecule has 2 aromatic heterocycles. The van der Waals surface area contributed by atoms with E-state index in [1.165, 1.54) is 0 Å². The minimum atomic E-state index is 0.523. The first kappa shape index (κ1) is 11.4. The number of rotatable bonds is 4. The normalized spacial score (nSPS) is 11.6. The third-order valence-electron chi connectivity index (χ3n) is 2.53. The maximum Gasteiger partial charge on any atom is 0.195 e. The summed E-state index contributed by atoms with van der Waals surface area (Å²) in [5.41, 5.74) is 6.90. The van der Waals surface area contributed by atoms with Crippen LogP contribution in [0.15, 0.2) is 11.6 Å². The molecule has 0 radical (unpaired) electrons. The Balaban J connectivity index is 2.38. The van der Waals surface area contributed by atoms with Crippen molar-refractivity contribution in [2.45, 2.75) is 20.4 Å². The van der Waals surface area contributed by atoms with Crippen LogP contribution in [-0.2, 0) is 6.54 Å². The first-order valence-electron chi connectivity index (χ1n) is 5.49. The van der Waals surface area contributed by atoms with Gasteiger partial charge in [0.2, 0.25) is 0 Å². The van der Waals surface area contributed by atoms with E-state index < -0.39 is 0 Å². The topological polar surface area (TPSA) is 46.6 Å². The fourth-order valence-corrected chi connectivity index (χ4v) is 2.68. The van der Waals surface area contributed by atoms with Crippen molar-refractivity contribution in [2.75, 3.05) is 18.5 Å². The summed E-state index contributed by atoms with van der Waals surface area (Å²) in [5, 5.41) is 2.04. The molecular formula is C11H18N4S. The van der Waals surface area contributed by atoms with Gasteiger partial charge in [-0.1, -0.05) is 13.8 Å². The van der Waals surface area contributed by atoms with Crippen LogP contribution in [0.4, 0.5) is 5.82 Å². The van der Waals surface area contributed by atoms with E-state index in [4.69, 9.17) is 5.73 Å². The molecule has 0 saturated heterocycles. The van der Waals surface area contributed by atoms with Crippen LogP contribution in [0.3, 0.4) is 0 Å². The Morgan fingerprint density at radius 1 is 1.56 bits per heavy atom. The van der Waals surface area contributed by atoms with Gasteiger partial charge in [-0.2, -0.15) is 0 Å². The summed E-state index contributed by atoms with van der Waals surface area (Å²) < 4.78 is 2.08. The van der Waals surface area contributed by atoms with E-state index in [1.807, 2.05) is 11.6 Å². The Bertz CT molecular complexity index is 471. The fraction of sp³-hybridized carbons (Fsp3) is 0.545.